The SMILES string of the molecule is Cn1ccnc1CCN1CC2CCCC2C1C(=O)O. The van der Waals surface area contributed by atoms with Crippen molar-refractivity contribution in [2.75, 3.05) is 13.1 Å². The molecule has 1 aromatic heterocycles. The van der Waals surface area contributed by atoms with Crippen LogP contribution in [0.25, 0.3) is 0 Å². The van der Waals surface area contributed by atoms with Crippen molar-refractivity contribution in [1.29, 1.82) is 0 Å². The average Bonchev–Trinajstić information content (AvgIpc) is 3.00. The fourth-order valence-electron chi connectivity index (χ4n) is 3.84. The van der Waals surface area contributed by atoms with Gasteiger partial charge in [-0.25, -0.2) is 4.98 Å². The Bertz CT molecular complexity index is 471. The van der Waals surface area contributed by atoms with Gasteiger partial charge in [-0.3, -0.25) is 9.69 Å². The molecule has 1 aliphatic heterocycles. The van der Waals surface area contributed by atoms with Crippen molar-refractivity contribution in [3.63, 3.8) is 0 Å². The van der Waals surface area contributed by atoms with Gasteiger partial charge in [-0.15, -0.1) is 0 Å². The highest BCUT2D eigenvalue weighted by Crippen LogP contribution is 2.42. The van der Waals surface area contributed by atoms with E-state index in [0.29, 0.717) is 11.8 Å². The molecule has 2 aliphatic rings. The fourth-order valence-corrected chi connectivity index (χ4v) is 3.84. The number of nitrogens with zero attached hydrogens (tertiary/aromatic N) is 3. The van der Waals surface area contributed by atoms with Gasteiger partial charge in [0.2, 0.25) is 0 Å². The first-order valence-corrected chi connectivity index (χ1v) is 7.10. The summed E-state index contributed by atoms with van der Waals surface area (Å²) in [5.74, 6) is 1.36. The van der Waals surface area contributed by atoms with E-state index in [1.54, 1.807) is 6.20 Å². The maximum atomic E-state index is 11.5. The minimum Gasteiger partial charge on any atom is -0.480 e. The first-order chi connectivity index (χ1) is 9.16. The van der Waals surface area contributed by atoms with Crippen molar-refractivity contribution in [3.05, 3.63) is 18.2 Å². The van der Waals surface area contributed by atoms with Gasteiger partial charge in [0.15, 0.2) is 0 Å². The predicted octanol–water partition coefficient (Wildman–Crippen LogP) is 1.15. The van der Waals surface area contributed by atoms with Crippen molar-refractivity contribution in [2.24, 2.45) is 18.9 Å². The molecule has 0 radical (unpaired) electrons. The second-order valence-corrected chi connectivity index (χ2v) is 5.84. The Labute approximate surface area is 113 Å². The van der Waals surface area contributed by atoms with Crippen LogP contribution in [0.5, 0.6) is 0 Å². The molecule has 1 aromatic rings. The number of rotatable bonds is 4. The van der Waals surface area contributed by atoms with Crippen LogP contribution in [-0.2, 0) is 18.3 Å². The number of hydrogen-bond acceptors (Lipinski definition) is 3. The summed E-state index contributed by atoms with van der Waals surface area (Å²) >= 11 is 0. The van der Waals surface area contributed by atoms with Crippen LogP contribution >= 0.6 is 0 Å². The molecule has 0 bridgehead atoms. The monoisotopic (exact) mass is 263 g/mol. The number of imidazole rings is 1. The van der Waals surface area contributed by atoms with E-state index >= 15 is 0 Å². The summed E-state index contributed by atoms with van der Waals surface area (Å²) in [5.41, 5.74) is 0. The lowest BCUT2D eigenvalue weighted by Crippen LogP contribution is -2.40. The van der Waals surface area contributed by atoms with Gasteiger partial charge in [0.1, 0.15) is 11.9 Å². The predicted molar refractivity (Wildman–Crippen MR) is 70.7 cm³/mol. The minimum atomic E-state index is -0.644. The van der Waals surface area contributed by atoms with Gasteiger partial charge in [0.05, 0.1) is 0 Å². The van der Waals surface area contributed by atoms with Crippen LogP contribution < -0.4 is 0 Å². The van der Waals surface area contributed by atoms with E-state index in [1.807, 2.05) is 17.8 Å². The molecule has 3 unspecified atom stereocenters. The zero-order valence-electron chi connectivity index (χ0n) is 11.3. The molecule has 3 rings (SSSR count). The maximum Gasteiger partial charge on any atom is 0.321 e. The summed E-state index contributed by atoms with van der Waals surface area (Å²) in [6.07, 6.45) is 8.04. The fraction of sp³-hybridized carbons (Fsp3) is 0.714. The Hall–Kier alpha value is -1.36. The molecule has 0 spiro atoms. The third-order valence-electron chi connectivity index (χ3n) is 4.78. The Morgan fingerprint density at radius 1 is 1.53 bits per heavy atom. The molecule has 2 heterocycles. The lowest BCUT2D eigenvalue weighted by molar-refractivity contribution is -0.143. The van der Waals surface area contributed by atoms with Crippen molar-refractivity contribution in [1.82, 2.24) is 14.5 Å². The van der Waals surface area contributed by atoms with Gasteiger partial charge in [0.25, 0.3) is 0 Å². The van der Waals surface area contributed by atoms with Crippen molar-refractivity contribution < 1.29 is 9.90 Å². The van der Waals surface area contributed by atoms with Crippen LogP contribution in [0.4, 0.5) is 0 Å². The van der Waals surface area contributed by atoms with Gasteiger partial charge in [-0.2, -0.15) is 0 Å². The minimum absolute atomic E-state index is 0.271. The zero-order chi connectivity index (χ0) is 13.4. The van der Waals surface area contributed by atoms with Crippen LogP contribution in [0.1, 0.15) is 25.1 Å². The van der Waals surface area contributed by atoms with E-state index in [0.717, 1.165) is 31.8 Å². The topological polar surface area (TPSA) is 58.4 Å². The molecule has 5 nitrogen and oxygen atoms in total. The molecule has 0 aromatic carbocycles. The van der Waals surface area contributed by atoms with E-state index in [4.69, 9.17) is 0 Å². The van der Waals surface area contributed by atoms with E-state index in [-0.39, 0.29) is 6.04 Å². The number of fused-ring (bicyclic) bond motifs is 1. The number of hydrogen-bond donors (Lipinski definition) is 1. The van der Waals surface area contributed by atoms with Gasteiger partial charge in [-0.05, 0) is 24.7 Å². The third kappa shape index (κ3) is 2.27. The highest BCUT2D eigenvalue weighted by Gasteiger charge is 2.47. The number of aliphatic carboxylic acids is 1. The molecular weight excluding hydrogens is 242 g/mol. The molecular formula is C14H21N3O2. The van der Waals surface area contributed by atoms with Crippen LogP contribution in [-0.4, -0.2) is 44.7 Å². The molecule has 1 aliphatic carbocycles. The summed E-state index contributed by atoms with van der Waals surface area (Å²) < 4.78 is 2.01. The van der Waals surface area contributed by atoms with E-state index in [9.17, 15) is 9.90 Å². The number of carbonyl (C=O) groups is 1. The Balaban J connectivity index is 1.67. The number of aryl methyl sites for hydroxylation is 1. The summed E-state index contributed by atoms with van der Waals surface area (Å²) in [5, 5.41) is 9.48. The first-order valence-electron chi connectivity index (χ1n) is 7.10. The lowest BCUT2D eigenvalue weighted by atomic mass is 9.94. The van der Waals surface area contributed by atoms with Gasteiger partial charge in [-0.1, -0.05) is 6.42 Å². The molecule has 104 valence electrons. The van der Waals surface area contributed by atoms with Crippen molar-refractivity contribution in [3.8, 4) is 0 Å². The molecule has 2 fully saturated rings. The van der Waals surface area contributed by atoms with Crippen LogP contribution in [0.3, 0.4) is 0 Å². The van der Waals surface area contributed by atoms with Gasteiger partial charge < -0.3 is 9.67 Å². The normalized spacial score (nSPS) is 30.7. The third-order valence-corrected chi connectivity index (χ3v) is 4.78. The summed E-state index contributed by atoms with van der Waals surface area (Å²) in [4.78, 5) is 18.0. The Morgan fingerprint density at radius 3 is 3.05 bits per heavy atom. The summed E-state index contributed by atoms with van der Waals surface area (Å²) in [6.45, 7) is 1.75. The van der Waals surface area contributed by atoms with Crippen molar-refractivity contribution in [2.45, 2.75) is 31.7 Å². The van der Waals surface area contributed by atoms with Crippen LogP contribution in [0, 0.1) is 11.8 Å². The van der Waals surface area contributed by atoms with Crippen molar-refractivity contribution >= 4 is 5.97 Å². The first kappa shape index (κ1) is 12.7. The number of likely N-dealkylation sites (tertiary alicyclic amines) is 1. The average molecular weight is 263 g/mol. The Morgan fingerprint density at radius 2 is 2.37 bits per heavy atom. The quantitative estimate of drug-likeness (QED) is 0.885. The molecule has 5 heteroatoms. The highest BCUT2D eigenvalue weighted by molar-refractivity contribution is 5.74. The molecule has 1 saturated carbocycles. The summed E-state index contributed by atoms with van der Waals surface area (Å²) in [6, 6.07) is -0.271. The molecule has 1 N–H and O–H groups in total. The van der Waals surface area contributed by atoms with Crippen LogP contribution in [0.2, 0.25) is 0 Å². The molecule has 0 amide bonds. The second kappa shape index (κ2) is 4.96. The highest BCUT2D eigenvalue weighted by atomic mass is 16.4. The number of aromatic nitrogens is 2. The lowest BCUT2D eigenvalue weighted by Gasteiger charge is -2.23. The maximum absolute atomic E-state index is 11.5. The zero-order valence-corrected chi connectivity index (χ0v) is 11.3. The van der Waals surface area contributed by atoms with E-state index in [2.05, 4.69) is 9.88 Å². The molecule has 1 saturated heterocycles. The van der Waals surface area contributed by atoms with Gasteiger partial charge in [0, 0.05) is 39.0 Å². The molecule has 3 atom stereocenters. The number of carboxylic acids is 1. The number of carboxylic acid groups (broad SMARTS) is 1. The second-order valence-electron chi connectivity index (χ2n) is 5.84. The largest absolute Gasteiger partial charge is 0.480 e. The van der Waals surface area contributed by atoms with Gasteiger partial charge >= 0.3 is 5.97 Å². The summed E-state index contributed by atoms with van der Waals surface area (Å²) in [7, 11) is 1.98. The molecule has 19 heavy (non-hydrogen) atoms. The standard InChI is InChI=1S/C14H21N3O2/c1-16-8-6-15-12(16)5-7-17-9-10-3-2-4-11(10)13(17)14(18)19/h6,8,10-11,13H,2-5,7,9H2,1H3,(H,18,19). The smallest absolute Gasteiger partial charge is 0.321 e. The van der Waals surface area contributed by atoms with E-state index < -0.39 is 5.97 Å². The van der Waals surface area contributed by atoms with E-state index in [1.165, 1.54) is 12.8 Å². The van der Waals surface area contributed by atoms with Crippen LogP contribution in [0.15, 0.2) is 12.4 Å². The Kier molecular flexibility index (Phi) is 3.31.